The second-order valence-corrected chi connectivity index (χ2v) is 7.74. The summed E-state index contributed by atoms with van der Waals surface area (Å²) >= 11 is 1.67. The number of rotatable bonds is 7. The minimum atomic E-state index is 0.798. The third-order valence-corrected chi connectivity index (χ3v) is 5.40. The summed E-state index contributed by atoms with van der Waals surface area (Å²) in [5, 5.41) is 4.26. The van der Waals surface area contributed by atoms with Gasteiger partial charge in [0.1, 0.15) is 11.5 Å². The number of hydrogen-bond donors (Lipinski definition) is 1. The maximum Gasteiger partial charge on any atom is 0.166 e. The SMILES string of the molecule is COc1ccc(N=C(Nc2ccc(OC)cc2)SCc2ccccc2N(C)C)cc1. The van der Waals surface area contributed by atoms with Crippen molar-refractivity contribution in [2.75, 3.05) is 38.5 Å². The molecule has 0 aliphatic carbocycles. The molecule has 0 unspecified atom stereocenters. The molecule has 0 saturated carbocycles. The number of hydrogen-bond acceptors (Lipinski definition) is 5. The van der Waals surface area contributed by atoms with Crippen molar-refractivity contribution in [3.63, 3.8) is 0 Å². The van der Waals surface area contributed by atoms with Crippen LogP contribution >= 0.6 is 11.8 Å². The minimum absolute atomic E-state index is 0.798. The van der Waals surface area contributed by atoms with Gasteiger partial charge in [-0.15, -0.1) is 0 Å². The Morgan fingerprint density at radius 1 is 0.867 bits per heavy atom. The normalized spacial score (nSPS) is 11.1. The highest BCUT2D eigenvalue weighted by Crippen LogP contribution is 2.27. The molecule has 0 spiro atoms. The molecule has 0 heterocycles. The fourth-order valence-corrected chi connectivity index (χ4v) is 3.78. The minimum Gasteiger partial charge on any atom is -0.497 e. The highest BCUT2D eigenvalue weighted by atomic mass is 32.2. The van der Waals surface area contributed by atoms with Crippen LogP contribution in [0.2, 0.25) is 0 Å². The van der Waals surface area contributed by atoms with E-state index in [-0.39, 0.29) is 0 Å². The van der Waals surface area contributed by atoms with Crippen molar-refractivity contribution in [1.82, 2.24) is 0 Å². The molecule has 1 N–H and O–H groups in total. The lowest BCUT2D eigenvalue weighted by molar-refractivity contribution is 0.415. The fourth-order valence-electron chi connectivity index (χ4n) is 2.88. The summed E-state index contributed by atoms with van der Waals surface area (Å²) < 4.78 is 10.5. The summed E-state index contributed by atoms with van der Waals surface area (Å²) in [5.41, 5.74) is 4.28. The molecule has 0 aromatic heterocycles. The number of anilines is 2. The maximum atomic E-state index is 5.25. The van der Waals surface area contributed by atoms with Crippen LogP contribution in [0.25, 0.3) is 0 Å². The van der Waals surface area contributed by atoms with E-state index in [0.717, 1.165) is 33.8 Å². The summed E-state index contributed by atoms with van der Waals surface area (Å²) in [5.74, 6) is 2.43. The molecule has 0 fully saturated rings. The van der Waals surface area contributed by atoms with Gasteiger partial charge in [0.05, 0.1) is 19.9 Å². The molecule has 3 rings (SSSR count). The second kappa shape index (κ2) is 10.6. The molecule has 0 amide bonds. The van der Waals surface area contributed by atoms with E-state index in [1.165, 1.54) is 11.3 Å². The van der Waals surface area contributed by atoms with E-state index in [9.17, 15) is 0 Å². The first-order valence-corrected chi connectivity index (χ1v) is 10.6. The van der Waals surface area contributed by atoms with Crippen LogP contribution in [0.4, 0.5) is 17.1 Å². The number of methoxy groups -OCH3 is 2. The Morgan fingerprint density at radius 2 is 1.47 bits per heavy atom. The van der Waals surface area contributed by atoms with Gasteiger partial charge in [-0.2, -0.15) is 0 Å². The van der Waals surface area contributed by atoms with Crippen LogP contribution < -0.4 is 19.7 Å². The number of thioether (sulfide) groups is 1. The van der Waals surface area contributed by atoms with E-state index in [1.807, 2.05) is 48.5 Å². The monoisotopic (exact) mass is 421 g/mol. The molecule has 0 aliphatic rings. The summed E-state index contributed by atoms with van der Waals surface area (Å²) in [7, 11) is 7.45. The van der Waals surface area contributed by atoms with E-state index in [0.29, 0.717) is 0 Å². The Morgan fingerprint density at radius 3 is 2.07 bits per heavy atom. The van der Waals surface area contributed by atoms with Crippen LogP contribution in [-0.2, 0) is 5.75 Å². The van der Waals surface area contributed by atoms with Gasteiger partial charge >= 0.3 is 0 Å². The highest BCUT2D eigenvalue weighted by molar-refractivity contribution is 8.13. The van der Waals surface area contributed by atoms with E-state index >= 15 is 0 Å². The van der Waals surface area contributed by atoms with Gasteiger partial charge in [-0.05, 0) is 60.2 Å². The van der Waals surface area contributed by atoms with Crippen molar-refractivity contribution in [2.24, 2.45) is 4.99 Å². The highest BCUT2D eigenvalue weighted by Gasteiger charge is 2.08. The number of ether oxygens (including phenoxy) is 2. The van der Waals surface area contributed by atoms with Crippen molar-refractivity contribution in [2.45, 2.75) is 5.75 Å². The smallest absolute Gasteiger partial charge is 0.166 e. The molecule has 6 heteroatoms. The Labute approximate surface area is 182 Å². The molecule has 0 saturated heterocycles. The van der Waals surface area contributed by atoms with Gasteiger partial charge in [0.25, 0.3) is 0 Å². The van der Waals surface area contributed by atoms with Crippen molar-refractivity contribution < 1.29 is 9.47 Å². The summed E-state index contributed by atoms with van der Waals surface area (Å²) in [6.07, 6.45) is 0. The number of aliphatic imine (C=N–C) groups is 1. The first kappa shape index (κ1) is 21.6. The van der Waals surface area contributed by atoms with Gasteiger partial charge in [0.2, 0.25) is 0 Å². The summed E-state index contributed by atoms with van der Waals surface area (Å²) in [6, 6.07) is 24.0. The zero-order chi connectivity index (χ0) is 21.3. The molecule has 3 aromatic rings. The molecule has 156 valence electrons. The molecule has 0 atom stereocenters. The lowest BCUT2D eigenvalue weighted by Crippen LogP contribution is -2.12. The number of nitrogens with one attached hydrogen (secondary N) is 1. The summed E-state index contributed by atoms with van der Waals surface area (Å²) in [4.78, 5) is 6.96. The lowest BCUT2D eigenvalue weighted by Gasteiger charge is -2.17. The van der Waals surface area contributed by atoms with E-state index in [2.05, 4.69) is 48.6 Å². The standard InChI is InChI=1S/C24H27N3O2S/c1-27(2)23-8-6-5-7-18(23)17-30-24(25-19-9-13-21(28-3)14-10-19)26-20-11-15-22(29-4)16-12-20/h5-16H,17H2,1-4H3,(H,25,26). The van der Waals surface area contributed by atoms with E-state index in [1.54, 1.807) is 26.0 Å². The zero-order valence-electron chi connectivity index (χ0n) is 17.8. The van der Waals surface area contributed by atoms with Crippen molar-refractivity contribution >= 4 is 34.0 Å². The van der Waals surface area contributed by atoms with Crippen LogP contribution in [0.1, 0.15) is 5.56 Å². The Kier molecular flexibility index (Phi) is 7.63. The largest absolute Gasteiger partial charge is 0.497 e. The third kappa shape index (κ3) is 5.94. The molecular weight excluding hydrogens is 394 g/mol. The van der Waals surface area contributed by atoms with Crippen LogP contribution in [0.15, 0.2) is 77.8 Å². The number of benzene rings is 3. The zero-order valence-corrected chi connectivity index (χ0v) is 18.6. The van der Waals surface area contributed by atoms with Gasteiger partial charge in [-0.25, -0.2) is 4.99 Å². The molecule has 30 heavy (non-hydrogen) atoms. The number of nitrogens with zero attached hydrogens (tertiary/aromatic N) is 2. The Hall–Kier alpha value is -3.12. The van der Waals surface area contributed by atoms with Crippen LogP contribution in [0.3, 0.4) is 0 Å². The average molecular weight is 422 g/mol. The molecule has 0 bridgehead atoms. The molecular formula is C24H27N3O2S. The predicted octanol–water partition coefficient (Wildman–Crippen LogP) is 5.80. The molecule has 0 radical (unpaired) electrons. The average Bonchev–Trinajstić information content (AvgIpc) is 2.78. The van der Waals surface area contributed by atoms with Crippen molar-refractivity contribution in [1.29, 1.82) is 0 Å². The van der Waals surface area contributed by atoms with Crippen molar-refractivity contribution in [3.8, 4) is 11.5 Å². The van der Waals surface area contributed by atoms with Gasteiger partial charge < -0.3 is 19.7 Å². The van der Waals surface area contributed by atoms with Crippen molar-refractivity contribution in [3.05, 3.63) is 78.4 Å². The predicted molar refractivity (Wildman–Crippen MR) is 129 cm³/mol. The van der Waals surface area contributed by atoms with Gasteiger partial charge in [-0.3, -0.25) is 0 Å². The van der Waals surface area contributed by atoms with Gasteiger partial charge in [-0.1, -0.05) is 30.0 Å². The van der Waals surface area contributed by atoms with Crippen LogP contribution in [-0.4, -0.2) is 33.5 Å². The van der Waals surface area contributed by atoms with Crippen LogP contribution in [0.5, 0.6) is 11.5 Å². The van der Waals surface area contributed by atoms with E-state index in [4.69, 9.17) is 14.5 Å². The van der Waals surface area contributed by atoms with Crippen LogP contribution in [0, 0.1) is 0 Å². The maximum absolute atomic E-state index is 5.25. The molecule has 0 aliphatic heterocycles. The van der Waals surface area contributed by atoms with Gasteiger partial charge in [0, 0.05) is 31.2 Å². The Bertz CT molecular complexity index is 971. The van der Waals surface area contributed by atoms with E-state index < -0.39 is 0 Å². The first-order chi connectivity index (χ1) is 14.6. The van der Waals surface area contributed by atoms with Gasteiger partial charge in [0.15, 0.2) is 5.17 Å². The number of amidine groups is 1. The first-order valence-electron chi connectivity index (χ1n) is 9.61. The molecule has 5 nitrogen and oxygen atoms in total. The third-order valence-electron chi connectivity index (χ3n) is 4.48. The number of para-hydroxylation sites is 1. The second-order valence-electron chi connectivity index (χ2n) is 6.78. The fraction of sp³-hybridized carbons (Fsp3) is 0.208. The quantitative estimate of drug-likeness (QED) is 0.386. The summed E-state index contributed by atoms with van der Waals surface area (Å²) in [6.45, 7) is 0. The lowest BCUT2D eigenvalue weighted by atomic mass is 10.2. The topological polar surface area (TPSA) is 46.1 Å². The Balaban J connectivity index is 1.83. The molecule has 3 aromatic carbocycles.